The van der Waals surface area contributed by atoms with Crippen molar-refractivity contribution in [1.82, 2.24) is 9.47 Å². The maximum absolute atomic E-state index is 5.86. The molecule has 1 aromatic heterocycles. The number of ether oxygens (including phenoxy) is 1. The number of aromatic nitrogens is 1. The van der Waals surface area contributed by atoms with E-state index in [4.69, 9.17) is 4.74 Å². The Kier molecular flexibility index (Phi) is 4.48. The summed E-state index contributed by atoms with van der Waals surface area (Å²) in [5.74, 6) is 0.985. The second-order valence-corrected chi connectivity index (χ2v) is 5.52. The largest absolute Gasteiger partial charge is 0.490 e. The summed E-state index contributed by atoms with van der Waals surface area (Å²) in [5, 5.41) is 1.21. The number of fused-ring (bicyclic) bond motifs is 1. The van der Waals surface area contributed by atoms with Gasteiger partial charge < -0.3 is 14.2 Å². The summed E-state index contributed by atoms with van der Waals surface area (Å²) in [6.45, 7) is 6.29. The number of nitrogens with zero attached hydrogens (tertiary/aromatic N) is 2. The van der Waals surface area contributed by atoms with Crippen LogP contribution in [0.3, 0.4) is 0 Å². The fourth-order valence-corrected chi connectivity index (χ4v) is 2.30. The molecule has 19 heavy (non-hydrogen) atoms. The molecule has 2 rings (SSSR count). The van der Waals surface area contributed by atoms with E-state index in [0.29, 0.717) is 0 Å². The Morgan fingerprint density at radius 3 is 2.68 bits per heavy atom. The lowest BCUT2D eigenvalue weighted by Crippen LogP contribution is -2.14. The van der Waals surface area contributed by atoms with Gasteiger partial charge >= 0.3 is 0 Å². The zero-order valence-corrected chi connectivity index (χ0v) is 12.4. The molecule has 0 spiro atoms. The van der Waals surface area contributed by atoms with Crippen LogP contribution in [0.25, 0.3) is 10.9 Å². The van der Waals surface area contributed by atoms with Gasteiger partial charge in [-0.1, -0.05) is 6.07 Å². The zero-order valence-electron chi connectivity index (χ0n) is 12.4. The van der Waals surface area contributed by atoms with Crippen molar-refractivity contribution in [2.45, 2.75) is 32.9 Å². The second kappa shape index (κ2) is 6.11. The Hall–Kier alpha value is -1.48. The Bertz CT molecular complexity index is 529. The van der Waals surface area contributed by atoms with Crippen LogP contribution in [-0.2, 0) is 6.54 Å². The Morgan fingerprint density at radius 2 is 2.00 bits per heavy atom. The van der Waals surface area contributed by atoms with Crippen LogP contribution in [0.2, 0.25) is 0 Å². The molecular formula is C16H24N2O. The van der Waals surface area contributed by atoms with Crippen molar-refractivity contribution in [3.63, 3.8) is 0 Å². The smallest absolute Gasteiger partial charge is 0.129 e. The van der Waals surface area contributed by atoms with Gasteiger partial charge in [-0.15, -0.1) is 0 Å². The molecule has 0 unspecified atom stereocenters. The highest BCUT2D eigenvalue weighted by molar-refractivity contribution is 5.86. The van der Waals surface area contributed by atoms with Crippen LogP contribution in [-0.4, -0.2) is 36.2 Å². The first-order valence-electron chi connectivity index (χ1n) is 6.97. The predicted molar refractivity (Wildman–Crippen MR) is 80.9 cm³/mol. The molecule has 0 amide bonds. The molecule has 0 atom stereocenters. The zero-order chi connectivity index (χ0) is 13.8. The molecule has 3 nitrogen and oxygen atoms in total. The van der Waals surface area contributed by atoms with Crippen LogP contribution in [0, 0.1) is 0 Å². The molecule has 2 aromatic rings. The van der Waals surface area contributed by atoms with Gasteiger partial charge in [0.25, 0.3) is 0 Å². The molecule has 3 heteroatoms. The minimum Gasteiger partial charge on any atom is -0.490 e. The molecule has 0 aliphatic carbocycles. The van der Waals surface area contributed by atoms with E-state index in [1.165, 1.54) is 10.9 Å². The maximum atomic E-state index is 5.86. The SMILES string of the molecule is CC(C)Oc1cccc2c1ccn2CCCN(C)C. The van der Waals surface area contributed by atoms with Crippen molar-refractivity contribution in [2.24, 2.45) is 0 Å². The Labute approximate surface area is 115 Å². The predicted octanol–water partition coefficient (Wildman–Crippen LogP) is 3.38. The first-order chi connectivity index (χ1) is 9.08. The van der Waals surface area contributed by atoms with Crippen molar-refractivity contribution in [3.8, 4) is 5.75 Å². The summed E-state index contributed by atoms with van der Waals surface area (Å²) in [7, 11) is 4.23. The molecule has 1 aromatic carbocycles. The lowest BCUT2D eigenvalue weighted by Gasteiger charge is -2.12. The monoisotopic (exact) mass is 260 g/mol. The minimum atomic E-state index is 0.211. The fourth-order valence-electron chi connectivity index (χ4n) is 2.30. The van der Waals surface area contributed by atoms with E-state index in [1.54, 1.807) is 0 Å². The Morgan fingerprint density at radius 1 is 1.21 bits per heavy atom. The van der Waals surface area contributed by atoms with Crippen molar-refractivity contribution in [2.75, 3.05) is 20.6 Å². The Balaban J connectivity index is 2.18. The summed E-state index contributed by atoms with van der Waals surface area (Å²) >= 11 is 0. The molecule has 0 saturated carbocycles. The third-order valence-corrected chi connectivity index (χ3v) is 3.14. The van der Waals surface area contributed by atoms with Crippen molar-refractivity contribution in [3.05, 3.63) is 30.5 Å². The van der Waals surface area contributed by atoms with Crippen LogP contribution < -0.4 is 4.74 Å². The van der Waals surface area contributed by atoms with Crippen molar-refractivity contribution >= 4 is 10.9 Å². The van der Waals surface area contributed by atoms with Gasteiger partial charge in [0.15, 0.2) is 0 Å². The number of aryl methyl sites for hydroxylation is 1. The van der Waals surface area contributed by atoms with Crippen molar-refractivity contribution in [1.29, 1.82) is 0 Å². The van der Waals surface area contributed by atoms with E-state index in [1.807, 2.05) is 6.07 Å². The van der Waals surface area contributed by atoms with Gasteiger partial charge in [-0.25, -0.2) is 0 Å². The highest BCUT2D eigenvalue weighted by Crippen LogP contribution is 2.27. The standard InChI is InChI=1S/C16H24N2O/c1-13(2)19-16-8-5-7-15-14(16)9-12-18(15)11-6-10-17(3)4/h5,7-9,12-13H,6,10-11H2,1-4H3. The first-order valence-corrected chi connectivity index (χ1v) is 6.97. The van der Waals surface area contributed by atoms with Crippen molar-refractivity contribution < 1.29 is 4.74 Å². The van der Waals surface area contributed by atoms with Crippen LogP contribution in [0.1, 0.15) is 20.3 Å². The maximum Gasteiger partial charge on any atom is 0.129 e. The van der Waals surface area contributed by atoms with E-state index in [9.17, 15) is 0 Å². The highest BCUT2D eigenvalue weighted by atomic mass is 16.5. The fraction of sp³-hybridized carbons (Fsp3) is 0.500. The average Bonchev–Trinajstić information content (AvgIpc) is 2.73. The summed E-state index contributed by atoms with van der Waals surface area (Å²) in [5.41, 5.74) is 1.26. The molecule has 0 aliphatic heterocycles. The number of hydrogen-bond acceptors (Lipinski definition) is 2. The lowest BCUT2D eigenvalue weighted by atomic mass is 10.2. The molecule has 0 N–H and O–H groups in total. The number of rotatable bonds is 6. The average molecular weight is 260 g/mol. The van der Waals surface area contributed by atoms with Gasteiger partial charge in [-0.05, 0) is 59.1 Å². The second-order valence-electron chi connectivity index (χ2n) is 5.52. The summed E-state index contributed by atoms with van der Waals surface area (Å²) in [6.07, 6.45) is 3.53. The first kappa shape index (κ1) is 13.9. The molecule has 0 fully saturated rings. The van der Waals surface area contributed by atoms with Gasteiger partial charge in [-0.3, -0.25) is 0 Å². The summed E-state index contributed by atoms with van der Waals surface area (Å²) in [6, 6.07) is 8.44. The third-order valence-electron chi connectivity index (χ3n) is 3.14. The minimum absolute atomic E-state index is 0.211. The van der Waals surface area contributed by atoms with Gasteiger partial charge in [0.2, 0.25) is 0 Å². The van der Waals surface area contributed by atoms with Crippen LogP contribution in [0.5, 0.6) is 5.75 Å². The van der Waals surface area contributed by atoms with Crippen LogP contribution in [0.4, 0.5) is 0 Å². The van der Waals surface area contributed by atoms with E-state index in [2.05, 4.69) is 61.8 Å². The van der Waals surface area contributed by atoms with Crippen LogP contribution in [0.15, 0.2) is 30.5 Å². The van der Waals surface area contributed by atoms with Crippen LogP contribution >= 0.6 is 0 Å². The van der Waals surface area contributed by atoms with E-state index in [-0.39, 0.29) is 6.10 Å². The van der Waals surface area contributed by atoms with E-state index < -0.39 is 0 Å². The normalized spacial score (nSPS) is 11.7. The van der Waals surface area contributed by atoms with E-state index >= 15 is 0 Å². The lowest BCUT2D eigenvalue weighted by molar-refractivity contribution is 0.245. The highest BCUT2D eigenvalue weighted by Gasteiger charge is 2.07. The molecular weight excluding hydrogens is 236 g/mol. The molecule has 1 heterocycles. The third kappa shape index (κ3) is 3.51. The topological polar surface area (TPSA) is 17.4 Å². The quantitative estimate of drug-likeness (QED) is 0.792. The van der Waals surface area contributed by atoms with E-state index in [0.717, 1.165) is 25.3 Å². The molecule has 0 aliphatic rings. The molecule has 104 valence electrons. The van der Waals surface area contributed by atoms with Gasteiger partial charge in [0.05, 0.1) is 11.6 Å². The molecule has 0 bridgehead atoms. The van der Waals surface area contributed by atoms with Gasteiger partial charge in [-0.2, -0.15) is 0 Å². The van der Waals surface area contributed by atoms with Gasteiger partial charge in [0.1, 0.15) is 5.75 Å². The number of benzene rings is 1. The number of hydrogen-bond donors (Lipinski definition) is 0. The summed E-state index contributed by atoms with van der Waals surface area (Å²) in [4.78, 5) is 2.22. The molecule has 0 saturated heterocycles. The summed E-state index contributed by atoms with van der Waals surface area (Å²) < 4.78 is 8.17. The van der Waals surface area contributed by atoms with Gasteiger partial charge in [0, 0.05) is 18.1 Å². The molecule has 0 radical (unpaired) electrons.